The Morgan fingerprint density at radius 2 is 2.05 bits per heavy atom. The minimum Gasteiger partial charge on any atom is -0.269 e. The second-order valence-electron chi connectivity index (χ2n) is 5.18. The summed E-state index contributed by atoms with van der Waals surface area (Å²) >= 11 is 0. The van der Waals surface area contributed by atoms with E-state index in [1.165, 1.54) is 6.20 Å². The van der Waals surface area contributed by atoms with E-state index in [4.69, 9.17) is 0 Å². The second-order valence-corrected chi connectivity index (χ2v) is 6.91. The van der Waals surface area contributed by atoms with Crippen molar-refractivity contribution in [2.24, 2.45) is 5.92 Å². The Kier molecular flexibility index (Phi) is 6.68. The average Bonchev–Trinajstić information content (AvgIpc) is 2.80. The molecule has 5 nitrogen and oxygen atoms in total. The Balaban J connectivity index is 2.71. The van der Waals surface area contributed by atoms with Gasteiger partial charge in [-0.3, -0.25) is 4.68 Å². The van der Waals surface area contributed by atoms with Gasteiger partial charge in [-0.15, -0.1) is 0 Å². The summed E-state index contributed by atoms with van der Waals surface area (Å²) in [7, 11) is -3.44. The molecule has 1 N–H and O–H groups in total. The van der Waals surface area contributed by atoms with Gasteiger partial charge >= 0.3 is 0 Å². The Bertz CT molecular complexity index is 508. The lowest BCUT2D eigenvalue weighted by Gasteiger charge is -2.15. The Morgan fingerprint density at radius 3 is 2.55 bits per heavy atom. The lowest BCUT2D eigenvalue weighted by Crippen LogP contribution is -2.29. The van der Waals surface area contributed by atoms with Crippen LogP contribution in [-0.4, -0.2) is 24.7 Å². The molecule has 1 rings (SSSR count). The van der Waals surface area contributed by atoms with Crippen molar-refractivity contribution in [2.75, 3.05) is 6.54 Å². The third-order valence-electron chi connectivity index (χ3n) is 3.75. The fraction of sp³-hybridized carbons (Fsp3) is 0.786. The molecule has 6 heteroatoms. The molecule has 1 heterocycles. The van der Waals surface area contributed by atoms with Gasteiger partial charge in [0.1, 0.15) is 4.90 Å². The summed E-state index contributed by atoms with van der Waals surface area (Å²) in [6.07, 6.45) is 5.80. The quantitative estimate of drug-likeness (QED) is 0.762. The molecule has 0 fully saturated rings. The molecule has 20 heavy (non-hydrogen) atoms. The van der Waals surface area contributed by atoms with Crippen LogP contribution in [0.25, 0.3) is 0 Å². The Labute approximate surface area is 122 Å². The molecule has 116 valence electrons. The number of aryl methyl sites for hydroxylation is 1. The van der Waals surface area contributed by atoms with Gasteiger partial charge in [0, 0.05) is 13.1 Å². The summed E-state index contributed by atoms with van der Waals surface area (Å²) < 4.78 is 29.1. The molecule has 0 spiro atoms. The van der Waals surface area contributed by atoms with E-state index in [0.717, 1.165) is 25.7 Å². The number of aromatic nitrogens is 2. The first-order chi connectivity index (χ1) is 9.46. The fourth-order valence-corrected chi connectivity index (χ4v) is 3.55. The van der Waals surface area contributed by atoms with E-state index in [1.807, 2.05) is 6.92 Å². The SMILES string of the molecule is CCCCC(CC)CNS(=O)(=O)c1cnn(CC)c1C. The highest BCUT2D eigenvalue weighted by Gasteiger charge is 2.21. The lowest BCUT2D eigenvalue weighted by atomic mass is 10.00. The molecule has 0 amide bonds. The highest BCUT2D eigenvalue weighted by molar-refractivity contribution is 7.89. The normalized spacial score (nSPS) is 13.6. The number of nitrogens with one attached hydrogen (secondary N) is 1. The van der Waals surface area contributed by atoms with Crippen LogP contribution in [0.1, 0.15) is 52.1 Å². The third-order valence-corrected chi connectivity index (χ3v) is 5.28. The van der Waals surface area contributed by atoms with E-state index in [2.05, 4.69) is 23.7 Å². The summed E-state index contributed by atoms with van der Waals surface area (Å²) in [6.45, 7) is 9.18. The highest BCUT2D eigenvalue weighted by Crippen LogP contribution is 2.16. The number of nitrogens with zero attached hydrogens (tertiary/aromatic N) is 2. The number of rotatable bonds is 9. The van der Waals surface area contributed by atoms with Gasteiger partial charge in [0.05, 0.1) is 11.9 Å². The van der Waals surface area contributed by atoms with Gasteiger partial charge in [0.15, 0.2) is 0 Å². The van der Waals surface area contributed by atoms with Crippen LogP contribution in [0, 0.1) is 12.8 Å². The van der Waals surface area contributed by atoms with Gasteiger partial charge in [-0.2, -0.15) is 5.10 Å². The summed E-state index contributed by atoms with van der Waals surface area (Å²) in [5, 5.41) is 4.09. The van der Waals surface area contributed by atoms with Crippen LogP contribution >= 0.6 is 0 Å². The van der Waals surface area contributed by atoms with E-state index >= 15 is 0 Å². The first-order valence-corrected chi connectivity index (χ1v) is 8.96. The molecule has 0 bridgehead atoms. The third kappa shape index (κ3) is 4.31. The number of sulfonamides is 1. The van der Waals surface area contributed by atoms with Crippen LogP contribution in [0.3, 0.4) is 0 Å². The van der Waals surface area contributed by atoms with Crippen LogP contribution in [0.4, 0.5) is 0 Å². The van der Waals surface area contributed by atoms with Crippen LogP contribution in [0.5, 0.6) is 0 Å². The van der Waals surface area contributed by atoms with Gasteiger partial charge in [0.25, 0.3) is 0 Å². The number of hydrogen-bond donors (Lipinski definition) is 1. The molecule has 1 aromatic heterocycles. The number of hydrogen-bond acceptors (Lipinski definition) is 3. The molecule has 1 aromatic rings. The van der Waals surface area contributed by atoms with E-state index < -0.39 is 10.0 Å². The van der Waals surface area contributed by atoms with Crippen molar-refractivity contribution in [2.45, 2.75) is 64.8 Å². The van der Waals surface area contributed by atoms with Crippen LogP contribution in [0.2, 0.25) is 0 Å². The zero-order valence-corrected chi connectivity index (χ0v) is 13.8. The zero-order valence-electron chi connectivity index (χ0n) is 13.0. The van der Waals surface area contributed by atoms with Crippen molar-refractivity contribution in [3.63, 3.8) is 0 Å². The molecule has 0 radical (unpaired) electrons. The summed E-state index contributed by atoms with van der Waals surface area (Å²) in [5.74, 6) is 0.409. The topological polar surface area (TPSA) is 64.0 Å². The van der Waals surface area contributed by atoms with Crippen molar-refractivity contribution in [1.82, 2.24) is 14.5 Å². The van der Waals surface area contributed by atoms with Gasteiger partial charge in [-0.1, -0.05) is 33.1 Å². The fourth-order valence-electron chi connectivity index (χ4n) is 2.26. The minimum atomic E-state index is -3.44. The van der Waals surface area contributed by atoms with Crippen LogP contribution in [-0.2, 0) is 16.6 Å². The van der Waals surface area contributed by atoms with Crippen molar-refractivity contribution < 1.29 is 8.42 Å². The maximum atomic E-state index is 12.3. The van der Waals surface area contributed by atoms with E-state index in [0.29, 0.717) is 29.6 Å². The maximum Gasteiger partial charge on any atom is 0.243 e. The summed E-state index contributed by atoms with van der Waals surface area (Å²) in [4.78, 5) is 0.296. The molecule has 1 unspecified atom stereocenters. The van der Waals surface area contributed by atoms with Crippen molar-refractivity contribution in [3.05, 3.63) is 11.9 Å². The van der Waals surface area contributed by atoms with Gasteiger partial charge in [0.2, 0.25) is 10.0 Å². The monoisotopic (exact) mass is 301 g/mol. The second kappa shape index (κ2) is 7.78. The smallest absolute Gasteiger partial charge is 0.243 e. The van der Waals surface area contributed by atoms with E-state index in [9.17, 15) is 8.42 Å². The van der Waals surface area contributed by atoms with Crippen molar-refractivity contribution in [1.29, 1.82) is 0 Å². The lowest BCUT2D eigenvalue weighted by molar-refractivity contribution is 0.443. The summed E-state index contributed by atoms with van der Waals surface area (Å²) in [6, 6.07) is 0. The van der Waals surface area contributed by atoms with Crippen LogP contribution < -0.4 is 4.72 Å². The molecule has 0 aromatic carbocycles. The predicted octanol–water partition coefficient (Wildman–Crippen LogP) is 2.71. The zero-order chi connectivity index (χ0) is 15.2. The highest BCUT2D eigenvalue weighted by atomic mass is 32.2. The number of unbranched alkanes of at least 4 members (excludes halogenated alkanes) is 1. The van der Waals surface area contributed by atoms with Crippen molar-refractivity contribution in [3.8, 4) is 0 Å². The standard InChI is InChI=1S/C14H27N3O2S/c1-5-8-9-13(6-2)10-16-20(18,19)14-11-15-17(7-3)12(14)4/h11,13,16H,5-10H2,1-4H3. The summed E-state index contributed by atoms with van der Waals surface area (Å²) in [5.41, 5.74) is 0.696. The van der Waals surface area contributed by atoms with Crippen molar-refractivity contribution >= 4 is 10.0 Å². The molecule has 0 aliphatic rings. The van der Waals surface area contributed by atoms with Crippen LogP contribution in [0.15, 0.2) is 11.1 Å². The molecule has 0 aliphatic heterocycles. The average molecular weight is 301 g/mol. The predicted molar refractivity (Wildman–Crippen MR) is 81.1 cm³/mol. The van der Waals surface area contributed by atoms with Gasteiger partial charge < -0.3 is 0 Å². The first-order valence-electron chi connectivity index (χ1n) is 7.48. The molecule has 0 saturated carbocycles. The Hall–Kier alpha value is -0.880. The van der Waals surface area contributed by atoms with Gasteiger partial charge in [-0.25, -0.2) is 13.1 Å². The molecule has 0 aliphatic carbocycles. The molecular formula is C14H27N3O2S. The van der Waals surface area contributed by atoms with E-state index in [-0.39, 0.29) is 0 Å². The maximum absolute atomic E-state index is 12.3. The Morgan fingerprint density at radius 1 is 1.35 bits per heavy atom. The molecule has 0 saturated heterocycles. The van der Waals surface area contributed by atoms with Gasteiger partial charge in [-0.05, 0) is 26.2 Å². The molecular weight excluding hydrogens is 274 g/mol. The molecule has 1 atom stereocenters. The first kappa shape index (κ1) is 17.2. The van der Waals surface area contributed by atoms with E-state index in [1.54, 1.807) is 11.6 Å². The minimum absolute atomic E-state index is 0.296. The largest absolute Gasteiger partial charge is 0.269 e.